The van der Waals surface area contributed by atoms with E-state index in [1.54, 1.807) is 41.4 Å². The van der Waals surface area contributed by atoms with Crippen molar-refractivity contribution in [3.63, 3.8) is 0 Å². The number of anilines is 2. The molecule has 0 aliphatic carbocycles. The van der Waals surface area contributed by atoms with Gasteiger partial charge in [0.15, 0.2) is 0 Å². The standard InChI is InChI=1S/C28H36N4O3S/c1-7-31(20-23-11-8-9-18-29-23)27(33)21-32(25-13-10-12-24(19-25)30(5)6)36(34,35)26-16-14-22(15-17-26)28(2,3)4/h8-19H,7,20-21H2,1-6H3. The number of sulfonamides is 1. The molecular weight excluding hydrogens is 472 g/mol. The molecule has 0 saturated heterocycles. The first kappa shape index (κ1) is 27.2. The molecule has 0 unspecified atom stereocenters. The second-order valence-corrected chi connectivity index (χ2v) is 11.8. The number of benzene rings is 2. The topological polar surface area (TPSA) is 73.8 Å². The van der Waals surface area contributed by atoms with Crippen molar-refractivity contribution in [3.8, 4) is 0 Å². The SMILES string of the molecule is CCN(Cc1ccccn1)C(=O)CN(c1cccc(N(C)C)c1)S(=O)(=O)c1ccc(C(C)(C)C)cc1. The van der Waals surface area contributed by atoms with Gasteiger partial charge >= 0.3 is 0 Å². The van der Waals surface area contributed by atoms with Gasteiger partial charge < -0.3 is 9.80 Å². The molecule has 0 bridgehead atoms. The molecule has 0 radical (unpaired) electrons. The lowest BCUT2D eigenvalue weighted by molar-refractivity contribution is -0.130. The Balaban J connectivity index is 2.00. The van der Waals surface area contributed by atoms with E-state index in [0.717, 1.165) is 16.9 Å². The van der Waals surface area contributed by atoms with Crippen molar-refractivity contribution < 1.29 is 13.2 Å². The van der Waals surface area contributed by atoms with Crippen LogP contribution in [0.4, 0.5) is 11.4 Å². The Morgan fingerprint density at radius 2 is 1.58 bits per heavy atom. The number of hydrogen-bond donors (Lipinski definition) is 0. The molecule has 1 aromatic heterocycles. The predicted octanol–water partition coefficient (Wildman–Crippen LogP) is 4.69. The van der Waals surface area contributed by atoms with Gasteiger partial charge in [-0.2, -0.15) is 0 Å². The Bertz CT molecular complexity index is 1270. The van der Waals surface area contributed by atoms with Gasteiger partial charge in [-0.05, 0) is 60.4 Å². The number of pyridine rings is 1. The molecule has 8 heteroatoms. The fraction of sp³-hybridized carbons (Fsp3) is 0.357. The second-order valence-electron chi connectivity index (χ2n) is 9.93. The monoisotopic (exact) mass is 508 g/mol. The zero-order chi connectivity index (χ0) is 26.5. The van der Waals surface area contributed by atoms with Crippen LogP contribution in [-0.2, 0) is 26.8 Å². The molecule has 0 aliphatic heterocycles. The zero-order valence-corrected chi connectivity index (χ0v) is 22.8. The molecule has 1 amide bonds. The summed E-state index contributed by atoms with van der Waals surface area (Å²) in [6, 6.07) is 19.6. The maximum atomic E-state index is 13.9. The molecule has 3 aromatic rings. The minimum absolute atomic E-state index is 0.106. The summed E-state index contributed by atoms with van der Waals surface area (Å²) in [5.74, 6) is -0.298. The van der Waals surface area contributed by atoms with E-state index in [4.69, 9.17) is 0 Å². The third-order valence-corrected chi connectivity index (χ3v) is 7.82. The van der Waals surface area contributed by atoms with Gasteiger partial charge in [0, 0.05) is 32.5 Å². The third kappa shape index (κ3) is 6.43. The summed E-state index contributed by atoms with van der Waals surface area (Å²) >= 11 is 0. The molecule has 36 heavy (non-hydrogen) atoms. The van der Waals surface area contributed by atoms with Gasteiger partial charge in [-0.1, -0.05) is 45.0 Å². The third-order valence-electron chi connectivity index (χ3n) is 6.03. The lowest BCUT2D eigenvalue weighted by Crippen LogP contribution is -2.43. The first-order valence-corrected chi connectivity index (χ1v) is 13.5. The summed E-state index contributed by atoms with van der Waals surface area (Å²) < 4.78 is 29.0. The van der Waals surface area contributed by atoms with Crippen LogP contribution in [0.3, 0.4) is 0 Å². The van der Waals surface area contributed by atoms with Gasteiger partial charge in [-0.3, -0.25) is 14.1 Å². The number of carbonyl (C=O) groups is 1. The first-order valence-electron chi connectivity index (χ1n) is 12.0. The van der Waals surface area contributed by atoms with E-state index in [2.05, 4.69) is 25.8 Å². The highest BCUT2D eigenvalue weighted by atomic mass is 32.2. The van der Waals surface area contributed by atoms with E-state index >= 15 is 0 Å². The Labute approximate surface area is 215 Å². The number of aromatic nitrogens is 1. The van der Waals surface area contributed by atoms with Crippen LogP contribution >= 0.6 is 0 Å². The highest BCUT2D eigenvalue weighted by Crippen LogP contribution is 2.29. The maximum Gasteiger partial charge on any atom is 0.264 e. The molecule has 3 rings (SSSR count). The van der Waals surface area contributed by atoms with Crippen molar-refractivity contribution in [2.45, 2.75) is 44.6 Å². The number of amides is 1. The van der Waals surface area contributed by atoms with E-state index in [9.17, 15) is 13.2 Å². The van der Waals surface area contributed by atoms with Crippen LogP contribution in [0.2, 0.25) is 0 Å². The lowest BCUT2D eigenvalue weighted by Gasteiger charge is -2.29. The van der Waals surface area contributed by atoms with Crippen LogP contribution in [-0.4, -0.2) is 51.4 Å². The van der Waals surface area contributed by atoms with Crippen molar-refractivity contribution in [2.75, 3.05) is 36.4 Å². The minimum Gasteiger partial charge on any atom is -0.378 e. The number of carbonyl (C=O) groups excluding carboxylic acids is 1. The van der Waals surface area contributed by atoms with Crippen molar-refractivity contribution in [1.82, 2.24) is 9.88 Å². The second kappa shape index (κ2) is 11.1. The van der Waals surface area contributed by atoms with Gasteiger partial charge in [0.1, 0.15) is 6.54 Å². The average Bonchev–Trinajstić information content (AvgIpc) is 2.85. The fourth-order valence-corrected chi connectivity index (χ4v) is 5.19. The van der Waals surface area contributed by atoms with Crippen molar-refractivity contribution >= 4 is 27.3 Å². The predicted molar refractivity (Wildman–Crippen MR) is 146 cm³/mol. The molecule has 0 fully saturated rings. The largest absolute Gasteiger partial charge is 0.378 e. The summed E-state index contributed by atoms with van der Waals surface area (Å²) in [4.78, 5) is 21.4. The van der Waals surface area contributed by atoms with Gasteiger partial charge in [-0.15, -0.1) is 0 Å². The number of nitrogens with zero attached hydrogens (tertiary/aromatic N) is 4. The number of rotatable bonds is 9. The summed E-state index contributed by atoms with van der Waals surface area (Å²) in [5, 5.41) is 0. The van der Waals surface area contributed by atoms with Crippen molar-refractivity contribution in [3.05, 3.63) is 84.2 Å². The number of hydrogen-bond acceptors (Lipinski definition) is 5. The molecule has 0 saturated carbocycles. The first-order chi connectivity index (χ1) is 16.9. The van der Waals surface area contributed by atoms with E-state index in [1.807, 2.05) is 62.3 Å². The quantitative estimate of drug-likeness (QED) is 0.419. The number of likely N-dealkylation sites (N-methyl/N-ethyl adjacent to an activating group) is 1. The molecule has 1 heterocycles. The van der Waals surface area contributed by atoms with Gasteiger partial charge in [0.25, 0.3) is 10.0 Å². The van der Waals surface area contributed by atoms with E-state index in [-0.39, 0.29) is 22.8 Å². The molecule has 0 N–H and O–H groups in total. The highest BCUT2D eigenvalue weighted by Gasteiger charge is 2.29. The van der Waals surface area contributed by atoms with Crippen LogP contribution in [0.15, 0.2) is 77.8 Å². The van der Waals surface area contributed by atoms with E-state index in [1.165, 1.54) is 4.31 Å². The molecule has 192 valence electrons. The fourth-order valence-electron chi connectivity index (χ4n) is 3.78. The Hall–Kier alpha value is -3.39. The summed E-state index contributed by atoms with van der Waals surface area (Å²) in [7, 11) is -0.239. The highest BCUT2D eigenvalue weighted by molar-refractivity contribution is 7.92. The minimum atomic E-state index is -4.02. The molecular formula is C28H36N4O3S. The van der Waals surface area contributed by atoms with Gasteiger partial charge in [0.05, 0.1) is 22.8 Å². The van der Waals surface area contributed by atoms with E-state index in [0.29, 0.717) is 18.8 Å². The molecule has 0 atom stereocenters. The van der Waals surface area contributed by atoms with Crippen LogP contribution in [0.25, 0.3) is 0 Å². The van der Waals surface area contributed by atoms with Crippen LogP contribution in [0.5, 0.6) is 0 Å². The Morgan fingerprint density at radius 1 is 0.917 bits per heavy atom. The van der Waals surface area contributed by atoms with Gasteiger partial charge in [0.2, 0.25) is 5.91 Å². The zero-order valence-electron chi connectivity index (χ0n) is 22.0. The summed E-state index contributed by atoms with van der Waals surface area (Å²) in [5.41, 5.74) is 2.94. The van der Waals surface area contributed by atoms with Crippen molar-refractivity contribution in [1.29, 1.82) is 0 Å². The normalized spacial score (nSPS) is 11.7. The van der Waals surface area contributed by atoms with Gasteiger partial charge in [-0.25, -0.2) is 8.42 Å². The van der Waals surface area contributed by atoms with Crippen LogP contribution < -0.4 is 9.21 Å². The summed E-state index contributed by atoms with van der Waals surface area (Å²) in [6.07, 6.45) is 1.68. The molecule has 7 nitrogen and oxygen atoms in total. The average molecular weight is 509 g/mol. The Kier molecular flexibility index (Phi) is 8.40. The molecule has 0 spiro atoms. The van der Waals surface area contributed by atoms with Crippen molar-refractivity contribution in [2.24, 2.45) is 0 Å². The smallest absolute Gasteiger partial charge is 0.264 e. The molecule has 0 aliphatic rings. The Morgan fingerprint density at radius 3 is 2.14 bits per heavy atom. The van der Waals surface area contributed by atoms with Crippen LogP contribution in [0, 0.1) is 0 Å². The summed E-state index contributed by atoms with van der Waals surface area (Å²) in [6.45, 7) is 8.53. The van der Waals surface area contributed by atoms with Crippen LogP contribution in [0.1, 0.15) is 39.0 Å². The molecule has 2 aromatic carbocycles. The maximum absolute atomic E-state index is 13.9. The van der Waals surface area contributed by atoms with E-state index < -0.39 is 10.0 Å². The lowest BCUT2D eigenvalue weighted by atomic mass is 9.87.